The molecular weight excluding hydrogens is 433 g/mol. The Morgan fingerprint density at radius 3 is 2.21 bits per heavy atom. The quantitative estimate of drug-likeness (QED) is 0.571. The molecule has 2 heterocycles. The van der Waals surface area contributed by atoms with E-state index in [1.165, 1.54) is 11.3 Å². The van der Waals surface area contributed by atoms with Gasteiger partial charge in [0.1, 0.15) is 5.51 Å². The molecule has 1 N–H and O–H groups in total. The number of benzene rings is 2. The second-order valence-electron chi connectivity index (χ2n) is 8.85. The van der Waals surface area contributed by atoms with E-state index in [-0.39, 0.29) is 17.6 Å². The molecule has 1 atom stereocenters. The molecule has 9 heteroatoms. The molecule has 4 rings (SSSR count). The Labute approximate surface area is 199 Å². The van der Waals surface area contributed by atoms with Crippen molar-refractivity contribution < 1.29 is 9.59 Å². The first-order valence-electron chi connectivity index (χ1n) is 11.1. The Kier molecular flexibility index (Phi) is 6.79. The molecule has 2 amide bonds. The van der Waals surface area contributed by atoms with E-state index in [0.717, 1.165) is 43.0 Å². The van der Waals surface area contributed by atoms with Gasteiger partial charge in [0, 0.05) is 37.8 Å². The number of nitrogens with one attached hydrogen (secondary N) is 1. The van der Waals surface area contributed by atoms with Crippen LogP contribution in [0.1, 0.15) is 30.9 Å². The fraction of sp³-hybridized carbons (Fsp3) is 0.333. The van der Waals surface area contributed by atoms with Crippen LogP contribution in [0.5, 0.6) is 0 Å². The summed E-state index contributed by atoms with van der Waals surface area (Å²) in [6.45, 7) is 7.05. The number of aromatic nitrogens is 2. The normalized spacial score (nSPS) is 15.2. The highest BCUT2D eigenvalue weighted by atomic mass is 32.1. The van der Waals surface area contributed by atoms with Gasteiger partial charge in [-0.1, -0.05) is 67.6 Å². The number of piperazine rings is 1. The maximum Gasteiger partial charge on any atom is 0.232 e. The number of carbonyl (C=O) groups is 2. The summed E-state index contributed by atoms with van der Waals surface area (Å²) in [6, 6.07) is 18.6. The minimum absolute atomic E-state index is 0.0995. The first kappa shape index (κ1) is 23.0. The lowest BCUT2D eigenvalue weighted by Gasteiger charge is -2.36. The maximum atomic E-state index is 13.3. The average molecular weight is 461 g/mol. The van der Waals surface area contributed by atoms with Crippen LogP contribution < -0.4 is 10.2 Å². The summed E-state index contributed by atoms with van der Waals surface area (Å²) in [6.07, 6.45) is 0. The predicted molar refractivity (Wildman–Crippen MR) is 135 cm³/mol. The van der Waals surface area contributed by atoms with Crippen molar-refractivity contribution in [3.8, 4) is 0 Å². The molecule has 0 spiro atoms. The summed E-state index contributed by atoms with van der Waals surface area (Å²) in [5.74, 6) is -0.113. The summed E-state index contributed by atoms with van der Waals surface area (Å²) < 4.78 is 0. The van der Waals surface area contributed by atoms with Gasteiger partial charge in [-0.2, -0.15) is 0 Å². The molecule has 3 aromatic rings. The molecule has 2 aromatic carbocycles. The number of rotatable bonds is 6. The van der Waals surface area contributed by atoms with E-state index in [1.807, 2.05) is 36.9 Å². The van der Waals surface area contributed by atoms with Gasteiger partial charge in [0.05, 0.1) is 5.41 Å². The van der Waals surface area contributed by atoms with E-state index in [2.05, 4.69) is 56.8 Å². The molecule has 0 saturated carbocycles. The number of hydrogen-bond acceptors (Lipinski definition) is 6. The Hall–Kier alpha value is -3.20. The fourth-order valence-corrected chi connectivity index (χ4v) is 4.89. The Balaban J connectivity index is 1.59. The summed E-state index contributed by atoms with van der Waals surface area (Å²) >= 11 is 1.31. The van der Waals surface area contributed by atoms with Crippen LogP contribution in [-0.4, -0.2) is 60.8 Å². The zero-order valence-corrected chi connectivity index (χ0v) is 20.0. The molecule has 1 saturated heterocycles. The van der Waals surface area contributed by atoms with E-state index in [4.69, 9.17) is 0 Å². The molecule has 170 valence electrons. The number of carbonyl (C=O) groups excluding carboxylic acids is 2. The van der Waals surface area contributed by atoms with E-state index in [0.29, 0.717) is 5.13 Å². The van der Waals surface area contributed by atoms with Crippen molar-refractivity contribution in [2.45, 2.75) is 19.8 Å². The lowest BCUT2D eigenvalue weighted by molar-refractivity contribution is -0.124. The van der Waals surface area contributed by atoms with Gasteiger partial charge >= 0.3 is 0 Å². The minimum Gasteiger partial charge on any atom is -0.368 e. The van der Waals surface area contributed by atoms with E-state index < -0.39 is 5.41 Å². The first-order valence-corrected chi connectivity index (χ1v) is 12.0. The highest BCUT2D eigenvalue weighted by molar-refractivity contribution is 7.13. The summed E-state index contributed by atoms with van der Waals surface area (Å²) in [7, 11) is 1.62. The second kappa shape index (κ2) is 9.74. The predicted octanol–water partition coefficient (Wildman–Crippen LogP) is 3.21. The monoisotopic (exact) mass is 461 g/mol. The number of nitrogens with zero attached hydrogens (tertiary/aromatic N) is 4. The van der Waals surface area contributed by atoms with Gasteiger partial charge in [0.25, 0.3) is 0 Å². The Morgan fingerprint density at radius 1 is 1.00 bits per heavy atom. The molecule has 33 heavy (non-hydrogen) atoms. The van der Waals surface area contributed by atoms with E-state index in [1.54, 1.807) is 13.4 Å². The molecule has 7 nitrogen and oxygen atoms in total. The van der Waals surface area contributed by atoms with Crippen LogP contribution in [0.15, 0.2) is 60.1 Å². The maximum absolute atomic E-state index is 13.3. The molecule has 1 aliphatic rings. The van der Waals surface area contributed by atoms with Crippen molar-refractivity contribution in [3.05, 3.63) is 71.2 Å². The molecule has 1 unspecified atom stereocenters. The second-order valence-corrected chi connectivity index (χ2v) is 9.68. The number of amides is 2. The first-order chi connectivity index (χ1) is 15.9. The SMILES string of the molecule is BC(=O)N1CCN(c2ccc(C(c3ccccc3)C(C)(C)C(=O)Nc3nncs3)cc2)CC1. The molecule has 0 radical (unpaired) electrons. The van der Waals surface area contributed by atoms with Crippen molar-refractivity contribution in [1.29, 1.82) is 0 Å². The van der Waals surface area contributed by atoms with Gasteiger partial charge in [-0.25, -0.2) is 0 Å². The molecule has 1 fully saturated rings. The molecule has 1 aromatic heterocycles. The van der Waals surface area contributed by atoms with Crippen LogP contribution in [0.25, 0.3) is 0 Å². The van der Waals surface area contributed by atoms with E-state index in [9.17, 15) is 9.59 Å². The lowest BCUT2D eigenvalue weighted by Crippen LogP contribution is -2.48. The summed E-state index contributed by atoms with van der Waals surface area (Å²) in [5, 5.41) is 11.2. The number of hydrogen-bond donors (Lipinski definition) is 1. The number of anilines is 2. The highest BCUT2D eigenvalue weighted by Crippen LogP contribution is 2.42. The zero-order chi connectivity index (χ0) is 23.4. The Bertz CT molecular complexity index is 1080. The Morgan fingerprint density at radius 2 is 1.64 bits per heavy atom. The smallest absolute Gasteiger partial charge is 0.232 e. The third kappa shape index (κ3) is 5.08. The van der Waals surface area contributed by atoms with Gasteiger partial charge in [-0.15, -0.1) is 10.2 Å². The van der Waals surface area contributed by atoms with Crippen molar-refractivity contribution in [1.82, 2.24) is 15.1 Å². The van der Waals surface area contributed by atoms with Crippen molar-refractivity contribution in [3.63, 3.8) is 0 Å². The van der Waals surface area contributed by atoms with Gasteiger partial charge in [0.15, 0.2) is 5.81 Å². The van der Waals surface area contributed by atoms with Crippen LogP contribution in [0, 0.1) is 5.41 Å². The standard InChI is InChI=1S/C24H28BN5O2S/c1-24(2,21(31)27-23-28-26-16-33-23)20(17-6-4-3-5-7-17)18-8-10-19(11-9-18)29-12-14-30(15-13-29)22(25)32/h3-11,16,20H,12-15,25H2,1-2H3,(H,27,28,31). The van der Waals surface area contributed by atoms with E-state index >= 15 is 0 Å². The van der Waals surface area contributed by atoms with Crippen molar-refractivity contribution in [2.24, 2.45) is 5.41 Å². The highest BCUT2D eigenvalue weighted by Gasteiger charge is 2.39. The third-order valence-electron chi connectivity index (χ3n) is 6.34. The van der Waals surface area contributed by atoms with Crippen LogP contribution in [0.3, 0.4) is 0 Å². The largest absolute Gasteiger partial charge is 0.368 e. The van der Waals surface area contributed by atoms with Gasteiger partial charge in [-0.05, 0) is 23.3 Å². The van der Waals surface area contributed by atoms with Gasteiger partial charge < -0.3 is 15.1 Å². The topological polar surface area (TPSA) is 78.4 Å². The van der Waals surface area contributed by atoms with Crippen LogP contribution in [0.2, 0.25) is 0 Å². The van der Waals surface area contributed by atoms with Crippen molar-refractivity contribution >= 4 is 41.7 Å². The van der Waals surface area contributed by atoms with Crippen LogP contribution in [-0.2, 0) is 4.79 Å². The molecule has 0 aliphatic carbocycles. The average Bonchev–Trinajstić information content (AvgIpc) is 3.33. The van der Waals surface area contributed by atoms with Crippen LogP contribution >= 0.6 is 11.3 Å². The summed E-state index contributed by atoms with van der Waals surface area (Å²) in [4.78, 5) is 29.1. The van der Waals surface area contributed by atoms with Gasteiger partial charge in [-0.3, -0.25) is 9.59 Å². The third-order valence-corrected chi connectivity index (χ3v) is 6.94. The molecular formula is C24H28BN5O2S. The minimum atomic E-state index is -0.734. The molecule has 0 bridgehead atoms. The van der Waals surface area contributed by atoms with Crippen LogP contribution in [0.4, 0.5) is 15.6 Å². The van der Waals surface area contributed by atoms with Gasteiger partial charge in [0.2, 0.25) is 18.9 Å². The van der Waals surface area contributed by atoms with Crippen molar-refractivity contribution in [2.75, 3.05) is 36.4 Å². The fourth-order valence-electron chi connectivity index (χ4n) is 4.45. The lowest BCUT2D eigenvalue weighted by atomic mass is 9.70. The zero-order valence-electron chi connectivity index (χ0n) is 19.2. The summed E-state index contributed by atoms with van der Waals surface area (Å²) in [5.41, 5.74) is 4.15. The molecule has 1 aliphatic heterocycles.